The summed E-state index contributed by atoms with van der Waals surface area (Å²) in [6, 6.07) is 7.80. The molecule has 126 valence electrons. The molecule has 0 unspecified atom stereocenters. The van der Waals surface area contributed by atoms with Crippen LogP contribution in [0.1, 0.15) is 31.2 Å². The number of nitrogens with zero attached hydrogens (tertiary/aromatic N) is 1. The monoisotopic (exact) mass is 347 g/mol. The van der Waals surface area contributed by atoms with Gasteiger partial charge in [0.1, 0.15) is 0 Å². The zero-order chi connectivity index (χ0) is 17.2. The first-order chi connectivity index (χ1) is 11.5. The Labute approximate surface area is 144 Å². The van der Waals surface area contributed by atoms with Crippen LogP contribution in [0.15, 0.2) is 41.5 Å². The number of halogens is 1. The molecular formula is C18H18ClNO4. The summed E-state index contributed by atoms with van der Waals surface area (Å²) in [6.07, 6.45) is 7.03. The van der Waals surface area contributed by atoms with E-state index < -0.39 is 11.2 Å². The Morgan fingerprint density at radius 2 is 2.04 bits per heavy atom. The number of benzene rings is 1. The van der Waals surface area contributed by atoms with E-state index in [4.69, 9.17) is 11.6 Å². The lowest BCUT2D eigenvalue weighted by atomic mass is 9.78. The molecule has 0 atom stereocenters. The molecule has 1 heterocycles. The molecule has 0 aliphatic heterocycles. The molecule has 1 aliphatic rings. The Kier molecular flexibility index (Phi) is 4.62. The normalized spacial score (nSPS) is 16.0. The van der Waals surface area contributed by atoms with Crippen LogP contribution in [-0.2, 0) is 16.8 Å². The first-order valence-corrected chi connectivity index (χ1v) is 8.21. The second-order valence-electron chi connectivity index (χ2n) is 6.22. The van der Waals surface area contributed by atoms with Crippen molar-refractivity contribution in [2.45, 2.75) is 37.6 Å². The van der Waals surface area contributed by atoms with E-state index >= 15 is 0 Å². The molecule has 1 saturated carbocycles. The van der Waals surface area contributed by atoms with Crippen molar-refractivity contribution in [3.63, 3.8) is 0 Å². The van der Waals surface area contributed by atoms with E-state index in [1.54, 1.807) is 4.57 Å². The van der Waals surface area contributed by atoms with Gasteiger partial charge >= 0.3 is 0 Å². The van der Waals surface area contributed by atoms with Gasteiger partial charge in [-0.3, -0.25) is 9.59 Å². The summed E-state index contributed by atoms with van der Waals surface area (Å²) < 4.78 is 6.40. The van der Waals surface area contributed by atoms with Gasteiger partial charge in [0.25, 0.3) is 11.9 Å². The van der Waals surface area contributed by atoms with E-state index in [0.29, 0.717) is 11.6 Å². The number of aromatic hydroxyl groups is 1. The SMILES string of the molecule is O=COc1cn(CC2(c3cccc(Cl)c3)CCCC2)cc(O)c1=O. The van der Waals surface area contributed by atoms with Gasteiger partial charge in [0.15, 0.2) is 11.5 Å². The number of ether oxygens (including phenoxy) is 1. The third kappa shape index (κ3) is 3.17. The summed E-state index contributed by atoms with van der Waals surface area (Å²) >= 11 is 6.15. The van der Waals surface area contributed by atoms with Crippen molar-refractivity contribution < 1.29 is 14.6 Å². The molecule has 6 heteroatoms. The summed E-state index contributed by atoms with van der Waals surface area (Å²) in [5.74, 6) is -0.613. The maximum atomic E-state index is 11.8. The fourth-order valence-corrected chi connectivity index (χ4v) is 3.76. The van der Waals surface area contributed by atoms with Crippen molar-refractivity contribution in [1.82, 2.24) is 4.57 Å². The molecule has 0 bridgehead atoms. The maximum Gasteiger partial charge on any atom is 0.298 e. The van der Waals surface area contributed by atoms with Gasteiger partial charge in [-0.1, -0.05) is 36.6 Å². The molecule has 5 nitrogen and oxygen atoms in total. The van der Waals surface area contributed by atoms with Gasteiger partial charge in [-0.05, 0) is 30.5 Å². The molecule has 1 aliphatic carbocycles. The third-order valence-electron chi connectivity index (χ3n) is 4.69. The molecule has 1 aromatic heterocycles. The van der Waals surface area contributed by atoms with Crippen molar-refractivity contribution in [3.05, 3.63) is 57.5 Å². The van der Waals surface area contributed by atoms with Crippen LogP contribution in [0, 0.1) is 0 Å². The predicted molar refractivity (Wildman–Crippen MR) is 90.7 cm³/mol. The Hall–Kier alpha value is -2.27. The molecule has 1 fully saturated rings. The van der Waals surface area contributed by atoms with E-state index in [1.807, 2.05) is 18.2 Å². The van der Waals surface area contributed by atoms with Crippen LogP contribution in [0.5, 0.6) is 11.5 Å². The topological polar surface area (TPSA) is 68.5 Å². The number of hydrogen-bond donors (Lipinski definition) is 1. The van der Waals surface area contributed by atoms with E-state index in [2.05, 4.69) is 10.8 Å². The molecule has 0 saturated heterocycles. The number of rotatable bonds is 5. The quantitative estimate of drug-likeness (QED) is 0.843. The van der Waals surface area contributed by atoms with Gasteiger partial charge in [-0.15, -0.1) is 0 Å². The Morgan fingerprint density at radius 3 is 2.71 bits per heavy atom. The number of hydrogen-bond acceptors (Lipinski definition) is 4. The second kappa shape index (κ2) is 6.69. The minimum absolute atomic E-state index is 0.120. The van der Waals surface area contributed by atoms with Gasteiger partial charge in [0.2, 0.25) is 0 Å². The summed E-state index contributed by atoms with van der Waals surface area (Å²) in [6.45, 7) is 0.749. The highest BCUT2D eigenvalue weighted by atomic mass is 35.5. The number of pyridine rings is 1. The fourth-order valence-electron chi connectivity index (χ4n) is 3.57. The van der Waals surface area contributed by atoms with E-state index in [9.17, 15) is 14.7 Å². The van der Waals surface area contributed by atoms with Crippen molar-refractivity contribution in [2.75, 3.05) is 0 Å². The van der Waals surface area contributed by atoms with Crippen LogP contribution in [0.25, 0.3) is 0 Å². The van der Waals surface area contributed by atoms with Gasteiger partial charge in [0.05, 0.1) is 12.4 Å². The minimum Gasteiger partial charge on any atom is -0.503 e. The zero-order valence-corrected chi connectivity index (χ0v) is 13.8. The van der Waals surface area contributed by atoms with Crippen LogP contribution in [0.4, 0.5) is 0 Å². The summed E-state index contributed by atoms with van der Waals surface area (Å²) in [5.41, 5.74) is 0.329. The van der Waals surface area contributed by atoms with Gasteiger partial charge in [-0.25, -0.2) is 0 Å². The van der Waals surface area contributed by atoms with E-state index in [-0.39, 0.29) is 17.6 Å². The average Bonchev–Trinajstić information content (AvgIpc) is 3.02. The van der Waals surface area contributed by atoms with Crippen LogP contribution in [0.3, 0.4) is 0 Å². The van der Waals surface area contributed by atoms with Crippen LogP contribution < -0.4 is 10.2 Å². The molecule has 0 spiro atoms. The largest absolute Gasteiger partial charge is 0.503 e. The standard InChI is InChI=1S/C18H18ClNO4/c19-14-5-3-4-13(8-14)18(6-1-2-7-18)11-20-9-15(22)17(23)16(10-20)24-12-21/h3-5,8-10,12,22H,1-2,6-7,11H2. The summed E-state index contributed by atoms with van der Waals surface area (Å²) in [5, 5.41) is 10.5. The van der Waals surface area contributed by atoms with Crippen molar-refractivity contribution >= 4 is 18.1 Å². The molecule has 24 heavy (non-hydrogen) atoms. The van der Waals surface area contributed by atoms with Crippen molar-refractivity contribution in [1.29, 1.82) is 0 Å². The van der Waals surface area contributed by atoms with Crippen LogP contribution >= 0.6 is 11.6 Å². The first kappa shape index (κ1) is 16.6. The van der Waals surface area contributed by atoms with E-state index in [1.165, 1.54) is 12.4 Å². The Balaban J connectivity index is 2.00. The molecule has 1 N–H and O–H groups in total. The third-order valence-corrected chi connectivity index (χ3v) is 4.92. The van der Waals surface area contributed by atoms with Gasteiger partial charge < -0.3 is 14.4 Å². The number of aromatic nitrogens is 1. The molecule has 0 radical (unpaired) electrons. The highest BCUT2D eigenvalue weighted by Crippen LogP contribution is 2.43. The van der Waals surface area contributed by atoms with E-state index in [0.717, 1.165) is 31.2 Å². The maximum absolute atomic E-state index is 11.8. The molecule has 1 aromatic carbocycles. The molecule has 2 aromatic rings. The average molecular weight is 348 g/mol. The lowest BCUT2D eigenvalue weighted by Gasteiger charge is -2.31. The van der Waals surface area contributed by atoms with Crippen molar-refractivity contribution in [2.24, 2.45) is 0 Å². The van der Waals surface area contributed by atoms with Crippen molar-refractivity contribution in [3.8, 4) is 11.5 Å². The summed E-state index contributed by atoms with van der Waals surface area (Å²) in [4.78, 5) is 22.3. The summed E-state index contributed by atoms with van der Waals surface area (Å²) in [7, 11) is 0. The number of carbonyl (C=O) groups excluding carboxylic acids is 1. The van der Waals surface area contributed by atoms with Crippen LogP contribution in [0.2, 0.25) is 5.02 Å². The van der Waals surface area contributed by atoms with Gasteiger partial charge in [-0.2, -0.15) is 0 Å². The lowest BCUT2D eigenvalue weighted by molar-refractivity contribution is -0.120. The number of carbonyl (C=O) groups is 1. The first-order valence-electron chi connectivity index (χ1n) is 7.83. The van der Waals surface area contributed by atoms with Crippen LogP contribution in [-0.4, -0.2) is 16.1 Å². The Bertz CT molecular complexity index is 809. The smallest absolute Gasteiger partial charge is 0.298 e. The predicted octanol–water partition coefficient (Wildman–Crippen LogP) is 3.25. The molecular weight excluding hydrogens is 330 g/mol. The fraction of sp³-hybridized carbons (Fsp3) is 0.333. The van der Waals surface area contributed by atoms with Gasteiger partial charge in [0, 0.05) is 17.0 Å². The highest BCUT2D eigenvalue weighted by molar-refractivity contribution is 6.30. The molecule has 3 rings (SSSR count). The zero-order valence-electron chi connectivity index (χ0n) is 13.1. The Morgan fingerprint density at radius 1 is 1.29 bits per heavy atom. The minimum atomic E-state index is -0.693. The second-order valence-corrected chi connectivity index (χ2v) is 6.66. The molecule has 0 amide bonds. The lowest BCUT2D eigenvalue weighted by Crippen LogP contribution is -2.29. The highest BCUT2D eigenvalue weighted by Gasteiger charge is 2.36.